The van der Waals surface area contributed by atoms with Crippen molar-refractivity contribution in [2.75, 3.05) is 25.1 Å². The van der Waals surface area contributed by atoms with Gasteiger partial charge in [-0.3, -0.25) is 0 Å². The molecule has 0 saturated carbocycles. The van der Waals surface area contributed by atoms with Crippen LogP contribution in [0.15, 0.2) is 18.2 Å². The minimum absolute atomic E-state index is 0.277. The second-order valence-electron chi connectivity index (χ2n) is 5.49. The molecule has 0 heterocycles. The predicted octanol–water partition coefficient (Wildman–Crippen LogP) is 3.44. The topological polar surface area (TPSA) is 35.5 Å². The van der Waals surface area contributed by atoms with E-state index in [1.165, 1.54) is 5.56 Å². The summed E-state index contributed by atoms with van der Waals surface area (Å²) in [6, 6.07) is 6.53. The molecule has 20 heavy (non-hydrogen) atoms. The molecule has 3 nitrogen and oxygen atoms in total. The molecule has 0 bridgehead atoms. The number of para-hydroxylation sites is 1. The summed E-state index contributed by atoms with van der Waals surface area (Å²) < 4.78 is 0. The van der Waals surface area contributed by atoms with Gasteiger partial charge in [-0.1, -0.05) is 37.6 Å². The Bertz CT molecular complexity index is 396. The fraction of sp³-hybridized carbons (Fsp3) is 0.625. The molecule has 0 fully saturated rings. The van der Waals surface area contributed by atoms with E-state index in [0.717, 1.165) is 43.1 Å². The van der Waals surface area contributed by atoms with Crippen LogP contribution in [-0.2, 0) is 6.54 Å². The Labute approximate surface area is 127 Å². The average Bonchev–Trinajstić information content (AvgIpc) is 2.41. The Morgan fingerprint density at radius 3 is 2.65 bits per heavy atom. The summed E-state index contributed by atoms with van der Waals surface area (Å²) in [6.45, 7) is 6.35. The largest absolute Gasteiger partial charge is 0.396 e. The monoisotopic (exact) mass is 298 g/mol. The van der Waals surface area contributed by atoms with E-state index in [2.05, 4.69) is 37.2 Å². The normalized spacial score (nSPS) is 11.1. The number of hydrogen-bond acceptors (Lipinski definition) is 3. The molecule has 0 spiro atoms. The lowest BCUT2D eigenvalue weighted by Crippen LogP contribution is -2.25. The van der Waals surface area contributed by atoms with Gasteiger partial charge < -0.3 is 15.3 Å². The zero-order chi connectivity index (χ0) is 15.0. The van der Waals surface area contributed by atoms with Gasteiger partial charge in [0.2, 0.25) is 0 Å². The van der Waals surface area contributed by atoms with Crippen molar-refractivity contribution in [2.24, 2.45) is 0 Å². The first kappa shape index (κ1) is 17.3. The summed E-state index contributed by atoms with van der Waals surface area (Å²) in [5.74, 6) is 0. The zero-order valence-corrected chi connectivity index (χ0v) is 13.6. The van der Waals surface area contributed by atoms with E-state index in [9.17, 15) is 0 Å². The number of hydrogen-bond donors (Lipinski definition) is 2. The van der Waals surface area contributed by atoms with Crippen LogP contribution < -0.4 is 10.2 Å². The molecule has 1 rings (SSSR count). The van der Waals surface area contributed by atoms with E-state index >= 15 is 0 Å². The van der Waals surface area contributed by atoms with Crippen molar-refractivity contribution >= 4 is 17.3 Å². The van der Waals surface area contributed by atoms with Crippen molar-refractivity contribution in [2.45, 2.75) is 45.7 Å². The van der Waals surface area contributed by atoms with E-state index in [4.69, 9.17) is 16.7 Å². The highest BCUT2D eigenvalue weighted by molar-refractivity contribution is 6.33. The summed E-state index contributed by atoms with van der Waals surface area (Å²) >= 11 is 6.37. The van der Waals surface area contributed by atoms with Crippen LogP contribution in [0.2, 0.25) is 5.02 Å². The molecule has 0 aliphatic rings. The predicted molar refractivity (Wildman–Crippen MR) is 87.6 cm³/mol. The molecule has 2 N–H and O–H groups in total. The first-order valence-corrected chi connectivity index (χ1v) is 7.76. The molecular weight excluding hydrogens is 272 g/mol. The van der Waals surface area contributed by atoms with Gasteiger partial charge >= 0.3 is 0 Å². The molecule has 114 valence electrons. The first-order valence-electron chi connectivity index (χ1n) is 7.39. The molecule has 0 saturated heterocycles. The fourth-order valence-corrected chi connectivity index (χ4v) is 2.53. The second-order valence-corrected chi connectivity index (χ2v) is 5.90. The lowest BCUT2D eigenvalue weighted by atomic mass is 10.1. The lowest BCUT2D eigenvalue weighted by Gasteiger charge is -2.24. The molecule has 0 aliphatic carbocycles. The average molecular weight is 299 g/mol. The number of anilines is 1. The van der Waals surface area contributed by atoms with Gasteiger partial charge in [-0.15, -0.1) is 0 Å². The van der Waals surface area contributed by atoms with Crippen molar-refractivity contribution < 1.29 is 5.11 Å². The van der Waals surface area contributed by atoms with Crippen molar-refractivity contribution in [3.05, 3.63) is 28.8 Å². The molecule has 0 amide bonds. The summed E-state index contributed by atoms with van der Waals surface area (Å²) in [6.07, 6.45) is 2.99. The van der Waals surface area contributed by atoms with Crippen LogP contribution in [0, 0.1) is 0 Å². The summed E-state index contributed by atoms with van der Waals surface area (Å²) in [5.41, 5.74) is 2.35. The quantitative estimate of drug-likeness (QED) is 0.686. The number of nitrogens with one attached hydrogen (secondary N) is 1. The highest BCUT2D eigenvalue weighted by atomic mass is 35.5. The summed E-state index contributed by atoms with van der Waals surface area (Å²) in [7, 11) is 2.08. The minimum Gasteiger partial charge on any atom is -0.396 e. The number of rotatable bonds is 9. The van der Waals surface area contributed by atoms with Crippen molar-refractivity contribution in [3.8, 4) is 0 Å². The molecular formula is C16H27ClN2O. The van der Waals surface area contributed by atoms with E-state index in [-0.39, 0.29) is 6.61 Å². The third-order valence-corrected chi connectivity index (χ3v) is 3.61. The molecule has 1 aromatic rings. The fourth-order valence-electron chi connectivity index (χ4n) is 2.19. The Morgan fingerprint density at radius 1 is 1.25 bits per heavy atom. The third kappa shape index (κ3) is 5.70. The number of aliphatic hydroxyl groups excluding tert-OH is 1. The van der Waals surface area contributed by atoms with E-state index < -0.39 is 0 Å². The molecule has 0 aromatic heterocycles. The summed E-state index contributed by atoms with van der Waals surface area (Å²) in [4.78, 5) is 2.22. The standard InChI is InChI=1S/C16H27ClN2O/c1-13(2)18-12-14-8-7-9-15(17)16(14)19(3)10-5-4-6-11-20/h7-9,13,18,20H,4-6,10-12H2,1-3H3. The molecule has 0 radical (unpaired) electrons. The van der Waals surface area contributed by atoms with Crippen molar-refractivity contribution in [1.29, 1.82) is 0 Å². The maximum Gasteiger partial charge on any atom is 0.0642 e. The highest BCUT2D eigenvalue weighted by Gasteiger charge is 2.11. The van der Waals surface area contributed by atoms with Gasteiger partial charge in [0.05, 0.1) is 10.7 Å². The molecule has 0 aliphatic heterocycles. The summed E-state index contributed by atoms with van der Waals surface area (Å²) in [5, 5.41) is 13.1. The lowest BCUT2D eigenvalue weighted by molar-refractivity contribution is 0.283. The second kappa shape index (κ2) is 9.22. The number of nitrogens with zero attached hydrogens (tertiary/aromatic N) is 1. The first-order chi connectivity index (χ1) is 9.56. The minimum atomic E-state index is 0.277. The van der Waals surface area contributed by atoms with E-state index in [0.29, 0.717) is 6.04 Å². The van der Waals surface area contributed by atoms with Crippen LogP contribution in [0.1, 0.15) is 38.7 Å². The number of benzene rings is 1. The third-order valence-electron chi connectivity index (χ3n) is 3.30. The van der Waals surface area contributed by atoms with Gasteiger partial charge in [-0.25, -0.2) is 0 Å². The maximum atomic E-state index is 8.82. The number of halogens is 1. The van der Waals surface area contributed by atoms with E-state index in [1.807, 2.05) is 12.1 Å². The Balaban J connectivity index is 2.70. The van der Waals surface area contributed by atoms with Crippen LogP contribution in [0.5, 0.6) is 0 Å². The van der Waals surface area contributed by atoms with Gasteiger partial charge in [-0.05, 0) is 30.9 Å². The number of aliphatic hydroxyl groups is 1. The Hall–Kier alpha value is -0.770. The van der Waals surface area contributed by atoms with Crippen molar-refractivity contribution in [1.82, 2.24) is 5.32 Å². The van der Waals surface area contributed by atoms with Crippen LogP contribution >= 0.6 is 11.6 Å². The van der Waals surface area contributed by atoms with Gasteiger partial charge in [0, 0.05) is 32.8 Å². The molecule has 0 atom stereocenters. The molecule has 4 heteroatoms. The SMILES string of the molecule is CC(C)NCc1cccc(Cl)c1N(C)CCCCCO. The van der Waals surface area contributed by atoms with Crippen LogP contribution in [0.3, 0.4) is 0 Å². The van der Waals surface area contributed by atoms with Gasteiger partial charge in [0.25, 0.3) is 0 Å². The van der Waals surface area contributed by atoms with Crippen LogP contribution in [0.4, 0.5) is 5.69 Å². The zero-order valence-electron chi connectivity index (χ0n) is 12.8. The van der Waals surface area contributed by atoms with Gasteiger partial charge in [0.15, 0.2) is 0 Å². The molecule has 1 aromatic carbocycles. The Morgan fingerprint density at radius 2 is 2.00 bits per heavy atom. The number of unbranched alkanes of at least 4 members (excludes halogenated alkanes) is 2. The van der Waals surface area contributed by atoms with Crippen LogP contribution in [0.25, 0.3) is 0 Å². The Kier molecular flexibility index (Phi) is 7.97. The smallest absolute Gasteiger partial charge is 0.0642 e. The highest BCUT2D eigenvalue weighted by Crippen LogP contribution is 2.29. The van der Waals surface area contributed by atoms with Crippen LogP contribution in [-0.4, -0.2) is 31.3 Å². The van der Waals surface area contributed by atoms with Gasteiger partial charge in [0.1, 0.15) is 0 Å². The van der Waals surface area contributed by atoms with Gasteiger partial charge in [-0.2, -0.15) is 0 Å². The van der Waals surface area contributed by atoms with Crippen molar-refractivity contribution in [3.63, 3.8) is 0 Å². The van der Waals surface area contributed by atoms with E-state index in [1.54, 1.807) is 0 Å². The molecule has 0 unspecified atom stereocenters. The maximum absolute atomic E-state index is 8.82.